The fourth-order valence-electron chi connectivity index (χ4n) is 1.89. The maximum absolute atomic E-state index is 5.80. The number of thiocarbonyl (C=S) groups is 1. The summed E-state index contributed by atoms with van der Waals surface area (Å²) >= 11 is 5.06. The molecule has 104 valence electrons. The van der Waals surface area contributed by atoms with Gasteiger partial charge < -0.3 is 15.2 Å². The van der Waals surface area contributed by atoms with Crippen LogP contribution in [0.25, 0.3) is 0 Å². The van der Waals surface area contributed by atoms with E-state index in [0.29, 0.717) is 23.8 Å². The van der Waals surface area contributed by atoms with Crippen molar-refractivity contribution in [3.8, 4) is 11.6 Å². The molecule has 1 aromatic heterocycles. The molecule has 1 heterocycles. The van der Waals surface area contributed by atoms with Crippen LogP contribution in [0.4, 0.5) is 0 Å². The third-order valence-corrected chi connectivity index (χ3v) is 3.00. The number of aryl methyl sites for hydroxylation is 1. The second-order valence-electron chi connectivity index (χ2n) is 4.35. The lowest BCUT2D eigenvalue weighted by Crippen LogP contribution is -2.13. The summed E-state index contributed by atoms with van der Waals surface area (Å²) < 4.78 is 10.9. The van der Waals surface area contributed by atoms with Crippen LogP contribution in [0, 0.1) is 6.92 Å². The van der Waals surface area contributed by atoms with Gasteiger partial charge in [0.05, 0.1) is 12.2 Å². The molecule has 2 aromatic rings. The Morgan fingerprint density at radius 2 is 2.15 bits per heavy atom. The summed E-state index contributed by atoms with van der Waals surface area (Å²) in [6.45, 7) is 2.45. The van der Waals surface area contributed by atoms with Crippen molar-refractivity contribution in [2.75, 3.05) is 7.11 Å². The fourth-order valence-corrected chi connectivity index (χ4v) is 2.14. The quantitative estimate of drug-likeness (QED) is 0.857. The van der Waals surface area contributed by atoms with Crippen molar-refractivity contribution in [3.63, 3.8) is 0 Å². The molecule has 2 rings (SSSR count). The summed E-state index contributed by atoms with van der Waals surface area (Å²) in [5, 5.41) is 0. The van der Waals surface area contributed by atoms with Gasteiger partial charge in [-0.1, -0.05) is 24.4 Å². The lowest BCUT2D eigenvalue weighted by Gasteiger charge is -2.11. The topological polar surface area (TPSA) is 57.4 Å². The highest BCUT2D eigenvalue weighted by Gasteiger charge is 2.12. The van der Waals surface area contributed by atoms with Crippen molar-refractivity contribution in [2.24, 2.45) is 5.73 Å². The number of benzene rings is 1. The van der Waals surface area contributed by atoms with Crippen molar-refractivity contribution in [3.05, 3.63) is 53.2 Å². The molecule has 0 aliphatic rings. The molecule has 0 aliphatic heterocycles. The van der Waals surface area contributed by atoms with Crippen LogP contribution < -0.4 is 10.5 Å². The number of hydrogen-bond acceptors (Lipinski definition) is 4. The van der Waals surface area contributed by atoms with E-state index < -0.39 is 0 Å². The average Bonchev–Trinajstić information content (AvgIpc) is 2.39. The molecule has 0 atom stereocenters. The standard InChI is InChI=1S/C15H16N2O2S/c1-10-6-7-17-15(13(10)14(16)20)19-12-5-3-4-11(8-12)9-18-2/h3-8H,9H2,1-2H3,(H2,16,20). The molecule has 0 fully saturated rings. The van der Waals surface area contributed by atoms with E-state index in [1.807, 2.05) is 37.3 Å². The van der Waals surface area contributed by atoms with Crippen molar-refractivity contribution < 1.29 is 9.47 Å². The molecular formula is C15H16N2O2S. The Kier molecular flexibility index (Phi) is 4.65. The highest BCUT2D eigenvalue weighted by Crippen LogP contribution is 2.25. The van der Waals surface area contributed by atoms with Gasteiger partial charge in [0.25, 0.3) is 0 Å². The summed E-state index contributed by atoms with van der Waals surface area (Å²) in [5.41, 5.74) is 8.37. The molecule has 5 heteroatoms. The first kappa shape index (κ1) is 14.4. The summed E-state index contributed by atoms with van der Waals surface area (Å²) in [5.74, 6) is 1.10. The molecule has 4 nitrogen and oxygen atoms in total. The predicted molar refractivity (Wildman–Crippen MR) is 82.1 cm³/mol. The van der Waals surface area contributed by atoms with E-state index in [4.69, 9.17) is 27.4 Å². The summed E-state index contributed by atoms with van der Waals surface area (Å²) in [7, 11) is 1.65. The van der Waals surface area contributed by atoms with Crippen LogP contribution in [0.3, 0.4) is 0 Å². The molecule has 2 N–H and O–H groups in total. The van der Waals surface area contributed by atoms with E-state index in [0.717, 1.165) is 11.1 Å². The lowest BCUT2D eigenvalue weighted by atomic mass is 10.1. The average molecular weight is 288 g/mol. The SMILES string of the molecule is COCc1cccc(Oc2nccc(C)c2C(N)=S)c1. The van der Waals surface area contributed by atoms with E-state index in [9.17, 15) is 0 Å². The second-order valence-corrected chi connectivity index (χ2v) is 4.79. The molecule has 20 heavy (non-hydrogen) atoms. The predicted octanol–water partition coefficient (Wildman–Crippen LogP) is 2.96. The van der Waals surface area contributed by atoms with E-state index >= 15 is 0 Å². The first-order chi connectivity index (χ1) is 9.61. The summed E-state index contributed by atoms with van der Waals surface area (Å²) in [6.07, 6.45) is 1.67. The van der Waals surface area contributed by atoms with Crippen molar-refractivity contribution in [2.45, 2.75) is 13.5 Å². The molecule has 0 bridgehead atoms. The van der Waals surface area contributed by atoms with Crippen LogP contribution in [0.15, 0.2) is 36.5 Å². The van der Waals surface area contributed by atoms with E-state index in [1.54, 1.807) is 13.3 Å². The smallest absolute Gasteiger partial charge is 0.229 e. The number of nitrogens with zero attached hydrogens (tertiary/aromatic N) is 1. The van der Waals surface area contributed by atoms with E-state index in [-0.39, 0.29) is 4.99 Å². The van der Waals surface area contributed by atoms with Crippen molar-refractivity contribution in [1.29, 1.82) is 0 Å². The number of pyridine rings is 1. The Bertz CT molecular complexity index is 629. The molecule has 0 unspecified atom stereocenters. The highest BCUT2D eigenvalue weighted by atomic mass is 32.1. The molecule has 0 radical (unpaired) electrons. The monoisotopic (exact) mass is 288 g/mol. The zero-order chi connectivity index (χ0) is 14.5. The first-order valence-corrected chi connectivity index (χ1v) is 6.53. The van der Waals surface area contributed by atoms with Gasteiger partial charge >= 0.3 is 0 Å². The van der Waals surface area contributed by atoms with E-state index in [2.05, 4.69) is 4.98 Å². The number of methoxy groups -OCH3 is 1. The minimum atomic E-state index is 0.277. The molecule has 0 aliphatic carbocycles. The maximum atomic E-state index is 5.80. The number of aromatic nitrogens is 1. The van der Waals surface area contributed by atoms with Crippen molar-refractivity contribution in [1.82, 2.24) is 4.98 Å². The van der Waals surface area contributed by atoms with Crippen LogP contribution in [0.2, 0.25) is 0 Å². The number of ether oxygens (including phenoxy) is 2. The van der Waals surface area contributed by atoms with Gasteiger partial charge in [0, 0.05) is 13.3 Å². The second kappa shape index (κ2) is 6.45. The summed E-state index contributed by atoms with van der Waals surface area (Å²) in [6, 6.07) is 9.47. The Hall–Kier alpha value is -1.98. The molecule has 0 spiro atoms. The molecule has 0 saturated carbocycles. The van der Waals surface area contributed by atoms with Gasteiger partial charge in [-0.3, -0.25) is 0 Å². The van der Waals surface area contributed by atoms with Crippen LogP contribution >= 0.6 is 12.2 Å². The third kappa shape index (κ3) is 3.31. The van der Waals surface area contributed by atoms with Gasteiger partial charge in [0.1, 0.15) is 10.7 Å². The minimum Gasteiger partial charge on any atom is -0.438 e. The Morgan fingerprint density at radius 3 is 2.85 bits per heavy atom. The number of rotatable bonds is 5. The third-order valence-electron chi connectivity index (χ3n) is 2.79. The van der Waals surface area contributed by atoms with Gasteiger partial charge in [-0.05, 0) is 36.2 Å². The first-order valence-electron chi connectivity index (χ1n) is 6.13. The number of nitrogens with two attached hydrogens (primary N) is 1. The largest absolute Gasteiger partial charge is 0.438 e. The van der Waals surface area contributed by atoms with E-state index in [1.165, 1.54) is 0 Å². The lowest BCUT2D eigenvalue weighted by molar-refractivity contribution is 0.184. The van der Waals surface area contributed by atoms with Gasteiger partial charge in [-0.25, -0.2) is 4.98 Å². The molecule has 0 amide bonds. The van der Waals surface area contributed by atoms with Gasteiger partial charge in [-0.15, -0.1) is 0 Å². The Balaban J connectivity index is 2.32. The highest BCUT2D eigenvalue weighted by molar-refractivity contribution is 7.80. The van der Waals surface area contributed by atoms with Crippen LogP contribution in [0.1, 0.15) is 16.7 Å². The zero-order valence-electron chi connectivity index (χ0n) is 11.4. The van der Waals surface area contributed by atoms with Crippen molar-refractivity contribution >= 4 is 17.2 Å². The molecular weight excluding hydrogens is 272 g/mol. The normalized spacial score (nSPS) is 10.3. The number of hydrogen-bond donors (Lipinski definition) is 1. The van der Waals surface area contributed by atoms with Crippen LogP contribution in [0.5, 0.6) is 11.6 Å². The fraction of sp³-hybridized carbons (Fsp3) is 0.200. The van der Waals surface area contributed by atoms with Gasteiger partial charge in [-0.2, -0.15) is 0 Å². The zero-order valence-corrected chi connectivity index (χ0v) is 12.2. The van der Waals surface area contributed by atoms with Crippen LogP contribution in [-0.4, -0.2) is 17.1 Å². The summed E-state index contributed by atoms with van der Waals surface area (Å²) in [4.78, 5) is 4.49. The Morgan fingerprint density at radius 1 is 1.35 bits per heavy atom. The van der Waals surface area contributed by atoms with Gasteiger partial charge in [0.2, 0.25) is 5.88 Å². The van der Waals surface area contributed by atoms with Crippen LogP contribution in [-0.2, 0) is 11.3 Å². The Labute approximate surface area is 123 Å². The molecule has 1 aromatic carbocycles. The molecule has 0 saturated heterocycles. The minimum absolute atomic E-state index is 0.277. The van der Waals surface area contributed by atoms with Gasteiger partial charge in [0.15, 0.2) is 0 Å². The maximum Gasteiger partial charge on any atom is 0.229 e.